The number of anilines is 2. The van der Waals surface area contributed by atoms with Crippen LogP contribution in [0.2, 0.25) is 0 Å². The third-order valence-electron chi connectivity index (χ3n) is 2.55. The predicted molar refractivity (Wildman–Crippen MR) is 75.1 cm³/mol. The molecular formula is C12H17N7O. The number of hydrazine groups is 1. The van der Waals surface area contributed by atoms with Gasteiger partial charge in [0.25, 0.3) is 0 Å². The van der Waals surface area contributed by atoms with Gasteiger partial charge in [0, 0.05) is 6.20 Å². The second-order valence-electron chi connectivity index (χ2n) is 3.96. The fourth-order valence-corrected chi connectivity index (χ4v) is 1.56. The van der Waals surface area contributed by atoms with Crippen LogP contribution in [-0.2, 0) is 6.54 Å². The van der Waals surface area contributed by atoms with Crippen molar-refractivity contribution in [1.82, 2.24) is 19.9 Å². The summed E-state index contributed by atoms with van der Waals surface area (Å²) >= 11 is 0. The molecule has 8 heteroatoms. The van der Waals surface area contributed by atoms with Crippen LogP contribution in [0.1, 0.15) is 18.2 Å². The topological polar surface area (TPSA) is 111 Å². The van der Waals surface area contributed by atoms with Gasteiger partial charge in [-0.3, -0.25) is 10.4 Å². The van der Waals surface area contributed by atoms with Crippen molar-refractivity contribution in [3.63, 3.8) is 0 Å². The minimum Gasteiger partial charge on any atom is -0.464 e. The van der Waals surface area contributed by atoms with Gasteiger partial charge in [-0.05, 0) is 25.5 Å². The average Bonchev–Trinajstić information content (AvgIpc) is 2.46. The number of aromatic nitrogens is 4. The van der Waals surface area contributed by atoms with E-state index in [1.54, 1.807) is 6.20 Å². The second kappa shape index (κ2) is 6.62. The summed E-state index contributed by atoms with van der Waals surface area (Å²) in [6.07, 6.45) is 1.75. The highest BCUT2D eigenvalue weighted by Crippen LogP contribution is 2.12. The molecule has 4 N–H and O–H groups in total. The molecule has 0 spiro atoms. The standard InChI is InChI=1S/C12H17N7O/c1-3-20-12-17-10(16-11(18-12)19-13)15-7-9-8(2)5-4-6-14-9/h4-6H,3,7,13H2,1-2H3,(H2,15,16,17,18,19). The normalized spacial score (nSPS) is 10.2. The van der Waals surface area contributed by atoms with Gasteiger partial charge in [-0.25, -0.2) is 5.84 Å². The Morgan fingerprint density at radius 3 is 2.75 bits per heavy atom. The quantitative estimate of drug-likeness (QED) is 0.526. The summed E-state index contributed by atoms with van der Waals surface area (Å²) in [6, 6.07) is 4.11. The van der Waals surface area contributed by atoms with Crippen LogP contribution in [0, 0.1) is 6.92 Å². The average molecular weight is 275 g/mol. The number of nitrogens with zero attached hydrogens (tertiary/aromatic N) is 4. The van der Waals surface area contributed by atoms with Crippen molar-refractivity contribution in [3.8, 4) is 6.01 Å². The Hall–Kier alpha value is -2.48. The molecule has 0 aliphatic heterocycles. The minimum absolute atomic E-state index is 0.218. The summed E-state index contributed by atoms with van der Waals surface area (Å²) in [6.45, 7) is 4.82. The molecule has 0 aromatic carbocycles. The smallest absolute Gasteiger partial charge is 0.323 e. The molecule has 0 saturated heterocycles. The largest absolute Gasteiger partial charge is 0.464 e. The fourth-order valence-electron chi connectivity index (χ4n) is 1.56. The van der Waals surface area contributed by atoms with Crippen LogP contribution in [0.5, 0.6) is 6.01 Å². The van der Waals surface area contributed by atoms with Crippen molar-refractivity contribution in [2.45, 2.75) is 20.4 Å². The number of nitrogens with one attached hydrogen (secondary N) is 2. The fraction of sp³-hybridized carbons (Fsp3) is 0.333. The van der Waals surface area contributed by atoms with E-state index in [9.17, 15) is 0 Å². The molecule has 0 radical (unpaired) electrons. The maximum Gasteiger partial charge on any atom is 0.323 e. The van der Waals surface area contributed by atoms with Crippen LogP contribution >= 0.6 is 0 Å². The third kappa shape index (κ3) is 3.51. The number of aryl methyl sites for hydroxylation is 1. The lowest BCUT2D eigenvalue weighted by Gasteiger charge is -2.09. The highest BCUT2D eigenvalue weighted by molar-refractivity contribution is 5.35. The molecule has 0 aliphatic rings. The molecule has 0 fully saturated rings. The maximum absolute atomic E-state index is 5.32. The Morgan fingerprint density at radius 2 is 2.05 bits per heavy atom. The molecule has 2 rings (SSSR count). The lowest BCUT2D eigenvalue weighted by Crippen LogP contribution is -2.15. The molecule has 0 atom stereocenters. The number of hydrogen-bond donors (Lipinski definition) is 3. The van der Waals surface area contributed by atoms with E-state index in [-0.39, 0.29) is 12.0 Å². The first-order valence-corrected chi connectivity index (χ1v) is 6.22. The van der Waals surface area contributed by atoms with Crippen molar-refractivity contribution in [3.05, 3.63) is 29.6 Å². The van der Waals surface area contributed by atoms with Gasteiger partial charge in [0.1, 0.15) is 0 Å². The van der Waals surface area contributed by atoms with Gasteiger partial charge in [-0.15, -0.1) is 0 Å². The molecular weight excluding hydrogens is 258 g/mol. The van der Waals surface area contributed by atoms with E-state index in [4.69, 9.17) is 10.6 Å². The van der Waals surface area contributed by atoms with Crippen LogP contribution in [0.15, 0.2) is 18.3 Å². The maximum atomic E-state index is 5.32. The van der Waals surface area contributed by atoms with Gasteiger partial charge >= 0.3 is 6.01 Å². The first-order chi connectivity index (χ1) is 9.72. The second-order valence-corrected chi connectivity index (χ2v) is 3.96. The number of nitrogens with two attached hydrogens (primary N) is 1. The Balaban J connectivity index is 2.12. The van der Waals surface area contributed by atoms with Crippen LogP contribution in [0.4, 0.5) is 11.9 Å². The third-order valence-corrected chi connectivity index (χ3v) is 2.55. The lowest BCUT2D eigenvalue weighted by molar-refractivity contribution is 0.312. The summed E-state index contributed by atoms with van der Waals surface area (Å²) in [5, 5.41) is 3.08. The first-order valence-electron chi connectivity index (χ1n) is 6.22. The SMILES string of the molecule is CCOc1nc(NN)nc(NCc2ncccc2C)n1. The Kier molecular flexibility index (Phi) is 4.61. The van der Waals surface area contributed by atoms with E-state index in [0.29, 0.717) is 19.1 Å². The molecule has 2 heterocycles. The number of ether oxygens (including phenoxy) is 1. The molecule has 20 heavy (non-hydrogen) atoms. The summed E-state index contributed by atoms with van der Waals surface area (Å²) < 4.78 is 5.25. The molecule has 8 nitrogen and oxygen atoms in total. The van der Waals surface area contributed by atoms with E-state index in [0.717, 1.165) is 11.3 Å². The van der Waals surface area contributed by atoms with Gasteiger partial charge < -0.3 is 10.1 Å². The van der Waals surface area contributed by atoms with E-state index < -0.39 is 0 Å². The van der Waals surface area contributed by atoms with Crippen molar-refractivity contribution >= 4 is 11.9 Å². The highest BCUT2D eigenvalue weighted by Gasteiger charge is 2.07. The Morgan fingerprint density at radius 1 is 1.25 bits per heavy atom. The van der Waals surface area contributed by atoms with E-state index in [1.165, 1.54) is 0 Å². The van der Waals surface area contributed by atoms with Crippen molar-refractivity contribution < 1.29 is 4.74 Å². The van der Waals surface area contributed by atoms with E-state index in [2.05, 4.69) is 30.7 Å². The predicted octanol–water partition coefficient (Wildman–Crippen LogP) is 0.871. The molecule has 2 aromatic heterocycles. The number of rotatable bonds is 6. The molecule has 0 saturated carbocycles. The lowest BCUT2D eigenvalue weighted by atomic mass is 10.2. The summed E-state index contributed by atoms with van der Waals surface area (Å²) in [5.41, 5.74) is 4.40. The number of pyridine rings is 1. The Bertz CT molecular complexity index is 575. The van der Waals surface area contributed by atoms with Gasteiger partial charge in [0.05, 0.1) is 18.8 Å². The molecule has 2 aromatic rings. The van der Waals surface area contributed by atoms with Crippen LogP contribution < -0.4 is 21.3 Å². The molecule has 0 bridgehead atoms. The van der Waals surface area contributed by atoms with Crippen LogP contribution in [-0.4, -0.2) is 26.5 Å². The zero-order chi connectivity index (χ0) is 14.4. The monoisotopic (exact) mass is 275 g/mol. The highest BCUT2D eigenvalue weighted by atomic mass is 16.5. The number of nitrogen functional groups attached to an aromatic ring is 1. The summed E-state index contributed by atoms with van der Waals surface area (Å²) in [4.78, 5) is 16.5. The molecule has 0 aliphatic carbocycles. The molecule has 0 amide bonds. The van der Waals surface area contributed by atoms with Gasteiger partial charge in [-0.1, -0.05) is 6.07 Å². The van der Waals surface area contributed by atoms with Gasteiger partial charge in [0.2, 0.25) is 11.9 Å². The zero-order valence-corrected chi connectivity index (χ0v) is 11.4. The van der Waals surface area contributed by atoms with Crippen LogP contribution in [0.25, 0.3) is 0 Å². The van der Waals surface area contributed by atoms with Crippen molar-refractivity contribution in [2.24, 2.45) is 5.84 Å². The molecule has 106 valence electrons. The van der Waals surface area contributed by atoms with E-state index >= 15 is 0 Å². The summed E-state index contributed by atoms with van der Waals surface area (Å²) in [5.74, 6) is 5.93. The van der Waals surface area contributed by atoms with Crippen LogP contribution in [0.3, 0.4) is 0 Å². The van der Waals surface area contributed by atoms with E-state index in [1.807, 2.05) is 26.0 Å². The molecule has 0 unspecified atom stereocenters. The first kappa shape index (κ1) is 13.9. The minimum atomic E-state index is 0.218. The van der Waals surface area contributed by atoms with Gasteiger partial charge in [-0.2, -0.15) is 15.0 Å². The summed E-state index contributed by atoms with van der Waals surface area (Å²) in [7, 11) is 0. The zero-order valence-electron chi connectivity index (χ0n) is 11.4. The van der Waals surface area contributed by atoms with Crippen molar-refractivity contribution in [2.75, 3.05) is 17.3 Å². The van der Waals surface area contributed by atoms with Crippen molar-refractivity contribution in [1.29, 1.82) is 0 Å². The van der Waals surface area contributed by atoms with Gasteiger partial charge in [0.15, 0.2) is 0 Å². The number of hydrogen-bond acceptors (Lipinski definition) is 8. The Labute approximate surface area is 116 Å².